The number of tetrazole rings is 1. The summed E-state index contributed by atoms with van der Waals surface area (Å²) in [6.45, 7) is 0. The van der Waals surface area contributed by atoms with Crippen molar-refractivity contribution in [3.8, 4) is 12.4 Å². The Morgan fingerprint density at radius 2 is 1.73 bits per heavy atom. The van der Waals surface area contributed by atoms with Gasteiger partial charge in [-0.25, -0.2) is 0 Å². The fourth-order valence-corrected chi connectivity index (χ4v) is 0.129. The van der Waals surface area contributed by atoms with E-state index in [-0.39, 0.29) is 0 Å². The van der Waals surface area contributed by atoms with E-state index in [9.17, 15) is 0 Å². The van der Waals surface area contributed by atoms with Crippen molar-refractivity contribution in [3.63, 3.8) is 0 Å². The van der Waals surface area contributed by atoms with Crippen LogP contribution in [0.5, 0.6) is 0 Å². The van der Waals surface area contributed by atoms with Crippen molar-refractivity contribution in [1.29, 1.82) is 10.5 Å². The van der Waals surface area contributed by atoms with E-state index in [0.29, 0.717) is 0 Å². The Balaban J connectivity index is 0. The van der Waals surface area contributed by atoms with E-state index in [1.165, 1.54) is 18.7 Å². The summed E-state index contributed by atoms with van der Waals surface area (Å²) in [5.41, 5.74) is 8.31. The van der Waals surface area contributed by atoms with E-state index in [2.05, 4.69) is 32.1 Å². The van der Waals surface area contributed by atoms with E-state index >= 15 is 0 Å². The molecule has 0 spiro atoms. The quantitative estimate of drug-likeness (QED) is 0.289. The van der Waals surface area contributed by atoms with Crippen LogP contribution < -0.4 is 11.5 Å². The predicted molar refractivity (Wildman–Crippen MR) is 33.8 cm³/mol. The third-order valence-corrected chi connectivity index (χ3v) is 0.270. The van der Waals surface area contributed by atoms with Gasteiger partial charge >= 0.3 is 0 Å². The Kier molecular flexibility index (Phi) is 16.3. The van der Waals surface area contributed by atoms with E-state index in [0.717, 1.165) is 0 Å². The molecule has 0 unspecified atom stereocenters. The zero-order chi connectivity index (χ0) is 8.95. The fraction of sp³-hybridized carbons (Fsp3) is 0. The lowest BCUT2D eigenvalue weighted by Gasteiger charge is -1.44. The molecule has 1 rings (SSSR count). The maximum absolute atomic E-state index is 7.10. The number of hydrogen-bond donors (Lipinski definition) is 3. The third kappa shape index (κ3) is 34.8. The zero-order valence-corrected chi connectivity index (χ0v) is 5.47. The maximum Gasteiger partial charge on any atom is 0.173 e. The average molecular weight is 154 g/mol. The van der Waals surface area contributed by atoms with Crippen molar-refractivity contribution >= 4 is 0 Å². The highest BCUT2D eigenvalue weighted by Gasteiger charge is 1.58. The monoisotopic (exact) mass is 154 g/mol. The summed E-state index contributed by atoms with van der Waals surface area (Å²) in [5.74, 6) is 0. The normalized spacial score (nSPS) is 4.91. The average Bonchev–Trinajstić information content (AvgIpc) is 2.44. The molecule has 0 fully saturated rings. The van der Waals surface area contributed by atoms with Gasteiger partial charge < -0.3 is 11.5 Å². The molecule has 0 aromatic carbocycles. The Morgan fingerprint density at radius 1 is 1.27 bits per heavy atom. The van der Waals surface area contributed by atoms with E-state index in [1.807, 2.05) is 0 Å². The molecule has 1 heterocycles. The second-order valence-electron chi connectivity index (χ2n) is 0.818. The van der Waals surface area contributed by atoms with Crippen LogP contribution >= 0.6 is 0 Å². The van der Waals surface area contributed by atoms with Crippen LogP contribution in [0.4, 0.5) is 0 Å². The summed E-state index contributed by atoms with van der Waals surface area (Å²) in [6.07, 6.45) is 3.83. The summed E-state index contributed by atoms with van der Waals surface area (Å²) in [6, 6.07) is 0. The number of nitrogens with two attached hydrogens (primary N) is 2. The number of aromatic nitrogens is 4. The molecule has 8 nitrogen and oxygen atoms in total. The molecule has 0 bridgehead atoms. The molecule has 0 saturated carbocycles. The zero-order valence-electron chi connectivity index (χ0n) is 5.47. The highest BCUT2D eigenvalue weighted by atomic mass is 15.5. The summed E-state index contributed by atoms with van der Waals surface area (Å²) in [5, 5.41) is 26.4. The van der Waals surface area contributed by atoms with Gasteiger partial charge in [0.25, 0.3) is 0 Å². The van der Waals surface area contributed by atoms with Crippen LogP contribution in [0.2, 0.25) is 0 Å². The second-order valence-corrected chi connectivity index (χ2v) is 0.818. The van der Waals surface area contributed by atoms with E-state index in [1.54, 1.807) is 0 Å². The van der Waals surface area contributed by atoms with Gasteiger partial charge in [-0.3, -0.25) is 0 Å². The largest absolute Gasteiger partial charge is 0.337 e. The van der Waals surface area contributed by atoms with E-state index < -0.39 is 0 Å². The number of nitriles is 2. The smallest absolute Gasteiger partial charge is 0.173 e. The molecule has 0 amide bonds. The van der Waals surface area contributed by atoms with Crippen molar-refractivity contribution in [2.45, 2.75) is 0 Å². The highest BCUT2D eigenvalue weighted by Crippen LogP contribution is 1.43. The fourth-order valence-electron chi connectivity index (χ4n) is 0.129. The van der Waals surface area contributed by atoms with Gasteiger partial charge in [-0.2, -0.15) is 15.7 Å². The lowest BCUT2D eigenvalue weighted by atomic mass is 11.4. The van der Waals surface area contributed by atoms with Gasteiger partial charge in [0.2, 0.25) is 0 Å². The lowest BCUT2D eigenvalue weighted by molar-refractivity contribution is 0.881. The molecule has 58 valence electrons. The molecule has 1 aromatic heterocycles. The molecule has 0 radical (unpaired) electrons. The predicted octanol–water partition coefficient (Wildman–Crippen LogP) is -1.95. The van der Waals surface area contributed by atoms with Gasteiger partial charge in [0.1, 0.15) is 0 Å². The van der Waals surface area contributed by atoms with Crippen LogP contribution in [0.25, 0.3) is 0 Å². The summed E-state index contributed by atoms with van der Waals surface area (Å²) in [7, 11) is 0. The number of H-pyrrole nitrogens is 1. The molecule has 1 aromatic rings. The minimum absolute atomic E-state index is 1.25. The van der Waals surface area contributed by atoms with Crippen molar-refractivity contribution in [1.82, 2.24) is 20.6 Å². The van der Waals surface area contributed by atoms with Gasteiger partial charge in [-0.15, -0.1) is 10.2 Å². The van der Waals surface area contributed by atoms with Gasteiger partial charge in [0.05, 0.1) is 0 Å². The molecule has 0 aliphatic carbocycles. The Labute approximate surface area is 62.4 Å². The van der Waals surface area contributed by atoms with Crippen LogP contribution in [0.3, 0.4) is 0 Å². The Hall–Kier alpha value is -2.35. The number of hydrogen-bond acceptors (Lipinski definition) is 7. The first-order chi connectivity index (χ1) is 5.33. The van der Waals surface area contributed by atoms with Crippen LogP contribution in [0.1, 0.15) is 0 Å². The summed E-state index contributed by atoms with van der Waals surface area (Å²) in [4.78, 5) is 0. The van der Waals surface area contributed by atoms with Gasteiger partial charge in [0, 0.05) is 0 Å². The van der Waals surface area contributed by atoms with Crippen LogP contribution in [0, 0.1) is 22.9 Å². The minimum Gasteiger partial charge on any atom is -0.337 e. The molecule has 0 aliphatic heterocycles. The van der Waals surface area contributed by atoms with Crippen molar-refractivity contribution < 1.29 is 0 Å². The first kappa shape index (κ1) is 11.4. The number of nitrogens with one attached hydrogen (secondary N) is 1. The van der Waals surface area contributed by atoms with Gasteiger partial charge in [0.15, 0.2) is 18.7 Å². The van der Waals surface area contributed by atoms with E-state index in [4.69, 9.17) is 10.5 Å². The SMILES string of the molecule is N#CN.N#CN.c1nn[nH]n1. The number of nitrogens with zero attached hydrogens (tertiary/aromatic N) is 5. The van der Waals surface area contributed by atoms with Crippen molar-refractivity contribution in [2.75, 3.05) is 0 Å². The van der Waals surface area contributed by atoms with Crippen molar-refractivity contribution in [3.05, 3.63) is 6.33 Å². The summed E-state index contributed by atoms with van der Waals surface area (Å²) < 4.78 is 0. The molecular weight excluding hydrogens is 148 g/mol. The molecule has 5 N–H and O–H groups in total. The summed E-state index contributed by atoms with van der Waals surface area (Å²) >= 11 is 0. The Bertz CT molecular complexity index is 171. The molecule has 0 aliphatic rings. The minimum atomic E-state index is 1.25. The van der Waals surface area contributed by atoms with Crippen LogP contribution in [0.15, 0.2) is 6.33 Å². The highest BCUT2D eigenvalue weighted by molar-refractivity contribution is 4.47. The molecule has 0 saturated heterocycles. The third-order valence-electron chi connectivity index (χ3n) is 0.270. The standard InChI is InChI=1S/CH2N4.2CH2N2/c1-2-4-5-3-1;2*2-1-3/h1H,(H,2,3,4,5);2*2H2. The maximum atomic E-state index is 7.10. The first-order valence-corrected chi connectivity index (χ1v) is 2.19. The van der Waals surface area contributed by atoms with Crippen LogP contribution in [-0.4, -0.2) is 20.6 Å². The topological polar surface area (TPSA) is 154 Å². The number of aromatic amines is 1. The second kappa shape index (κ2) is 15.6. The van der Waals surface area contributed by atoms with Crippen LogP contribution in [-0.2, 0) is 0 Å². The molecule has 11 heavy (non-hydrogen) atoms. The molecular formula is C3H6N8. The van der Waals surface area contributed by atoms with Gasteiger partial charge in [-0.1, -0.05) is 5.21 Å². The van der Waals surface area contributed by atoms with Gasteiger partial charge in [-0.05, 0) is 0 Å². The first-order valence-electron chi connectivity index (χ1n) is 2.19. The molecule has 0 atom stereocenters. The molecule has 8 heteroatoms. The number of rotatable bonds is 0. The Morgan fingerprint density at radius 3 is 1.82 bits per heavy atom. The van der Waals surface area contributed by atoms with Crippen molar-refractivity contribution in [2.24, 2.45) is 11.5 Å². The lowest BCUT2D eigenvalue weighted by Crippen LogP contribution is -1.69.